The number of nitrogens with one attached hydrogen (secondary N) is 1. The van der Waals surface area contributed by atoms with Crippen LogP contribution < -0.4 is 0 Å². The van der Waals surface area contributed by atoms with E-state index in [1.807, 2.05) is 20.8 Å². The molecule has 1 N–H and O–H groups in total. The lowest BCUT2D eigenvalue weighted by Crippen LogP contribution is -2.29. The third-order valence-electron chi connectivity index (χ3n) is 1.76. The molecule has 0 aliphatic rings. The van der Waals surface area contributed by atoms with E-state index in [1.54, 1.807) is 0 Å². The van der Waals surface area contributed by atoms with E-state index in [9.17, 15) is 9.59 Å². The predicted molar refractivity (Wildman–Crippen MR) is 62.7 cm³/mol. The van der Waals surface area contributed by atoms with Gasteiger partial charge in [0.1, 0.15) is 0 Å². The van der Waals surface area contributed by atoms with Crippen molar-refractivity contribution in [3.8, 4) is 0 Å². The van der Waals surface area contributed by atoms with Crippen molar-refractivity contribution in [3.63, 3.8) is 0 Å². The highest BCUT2D eigenvalue weighted by atomic mass is 16.5. The summed E-state index contributed by atoms with van der Waals surface area (Å²) in [5.74, 6) is -0.657. The van der Waals surface area contributed by atoms with Gasteiger partial charge in [0.15, 0.2) is 5.54 Å². The number of nitrogens with zero attached hydrogens (tertiary/aromatic N) is 1. The molecule has 0 unspecified atom stereocenters. The lowest BCUT2D eigenvalue weighted by atomic mass is 9.98. The normalized spacial score (nSPS) is 10.8. The van der Waals surface area contributed by atoms with Crippen LogP contribution in [0.3, 0.4) is 0 Å². The Morgan fingerprint density at radius 3 is 1.35 bits per heavy atom. The molecule has 0 bridgehead atoms. The second-order valence-electron chi connectivity index (χ2n) is 4.90. The second-order valence-corrected chi connectivity index (χ2v) is 4.90. The zero-order valence-electron chi connectivity index (χ0n) is 11.6. The molecule has 6 heteroatoms. The maximum Gasteiger partial charge on any atom is 0.335 e. The van der Waals surface area contributed by atoms with Gasteiger partial charge in [-0.1, -0.05) is 0 Å². The van der Waals surface area contributed by atoms with Crippen LogP contribution in [0, 0.1) is 10.9 Å². The SMILES string of the molecule is COC(=O)C(C)(C)C.COC(=O)C(C)(C)N=N. The van der Waals surface area contributed by atoms with E-state index in [0.29, 0.717) is 0 Å². The standard InChI is InChI=1S/C6H12O2.C5H10N2O2/c1-6(2,3)5(7)8-4;1-5(2,7-6)4(8)9-3/h1-4H3;6H,1-3H3. The summed E-state index contributed by atoms with van der Waals surface area (Å²) in [5, 5.41) is 3.07. The molecule has 0 atom stereocenters. The van der Waals surface area contributed by atoms with Gasteiger partial charge in [-0.3, -0.25) is 4.79 Å². The number of rotatable bonds is 2. The molecule has 0 saturated heterocycles. The molecule has 100 valence electrons. The fourth-order valence-corrected chi connectivity index (χ4v) is 0.602. The summed E-state index contributed by atoms with van der Waals surface area (Å²) in [5.41, 5.74) is 5.19. The quantitative estimate of drug-likeness (QED) is 0.597. The highest BCUT2D eigenvalue weighted by Crippen LogP contribution is 2.13. The Labute approximate surface area is 102 Å². The molecule has 0 radical (unpaired) electrons. The molecule has 0 heterocycles. The average Bonchev–Trinajstić information content (AvgIpc) is 2.26. The van der Waals surface area contributed by atoms with Gasteiger partial charge in [0.05, 0.1) is 19.6 Å². The first-order valence-corrected chi connectivity index (χ1v) is 5.08. The minimum Gasteiger partial charge on any atom is -0.469 e. The summed E-state index contributed by atoms with van der Waals surface area (Å²) in [4.78, 5) is 21.2. The first-order chi connectivity index (χ1) is 7.52. The van der Waals surface area contributed by atoms with E-state index in [0.717, 1.165) is 0 Å². The van der Waals surface area contributed by atoms with Gasteiger partial charge in [0.2, 0.25) is 0 Å². The van der Waals surface area contributed by atoms with Crippen LogP contribution in [0.2, 0.25) is 0 Å². The lowest BCUT2D eigenvalue weighted by Gasteiger charge is -2.13. The third kappa shape index (κ3) is 7.43. The Morgan fingerprint density at radius 2 is 1.29 bits per heavy atom. The summed E-state index contributed by atoms with van der Waals surface area (Å²) >= 11 is 0. The molecule has 0 aromatic carbocycles. The fourth-order valence-electron chi connectivity index (χ4n) is 0.602. The number of esters is 2. The first kappa shape index (κ1) is 17.9. The zero-order chi connectivity index (χ0) is 14.3. The summed E-state index contributed by atoms with van der Waals surface area (Å²) < 4.78 is 8.83. The van der Waals surface area contributed by atoms with Crippen molar-refractivity contribution in [2.75, 3.05) is 14.2 Å². The number of carbonyl (C=O) groups excluding carboxylic acids is 2. The van der Waals surface area contributed by atoms with Gasteiger partial charge in [-0.2, -0.15) is 5.11 Å². The topological polar surface area (TPSA) is 88.8 Å². The molecule has 0 spiro atoms. The van der Waals surface area contributed by atoms with Gasteiger partial charge in [-0.15, -0.1) is 0 Å². The maximum atomic E-state index is 10.6. The molecular formula is C11H22N2O4. The minimum absolute atomic E-state index is 0.169. The van der Waals surface area contributed by atoms with Crippen LogP contribution in [-0.4, -0.2) is 31.7 Å². The Hall–Kier alpha value is -1.46. The monoisotopic (exact) mass is 246 g/mol. The lowest BCUT2D eigenvalue weighted by molar-refractivity contribution is -0.149. The van der Waals surface area contributed by atoms with Crippen molar-refractivity contribution in [1.82, 2.24) is 0 Å². The largest absolute Gasteiger partial charge is 0.469 e. The third-order valence-corrected chi connectivity index (χ3v) is 1.76. The molecule has 6 nitrogen and oxygen atoms in total. The zero-order valence-corrected chi connectivity index (χ0v) is 11.6. The van der Waals surface area contributed by atoms with E-state index >= 15 is 0 Å². The molecule has 0 rings (SSSR count). The van der Waals surface area contributed by atoms with Gasteiger partial charge in [-0.25, -0.2) is 10.3 Å². The highest BCUT2D eigenvalue weighted by Gasteiger charge is 2.27. The van der Waals surface area contributed by atoms with Gasteiger partial charge < -0.3 is 9.47 Å². The van der Waals surface area contributed by atoms with Gasteiger partial charge in [0, 0.05) is 0 Å². The van der Waals surface area contributed by atoms with Crippen LogP contribution in [0.5, 0.6) is 0 Å². The average molecular weight is 246 g/mol. The van der Waals surface area contributed by atoms with E-state index in [2.05, 4.69) is 14.6 Å². The summed E-state index contributed by atoms with van der Waals surface area (Å²) in [6, 6.07) is 0. The molecule has 0 saturated carbocycles. The number of hydrogen-bond donors (Lipinski definition) is 1. The molecule has 0 aliphatic carbocycles. The maximum absolute atomic E-state index is 10.6. The van der Waals surface area contributed by atoms with Crippen molar-refractivity contribution >= 4 is 11.9 Å². The number of methoxy groups -OCH3 is 2. The van der Waals surface area contributed by atoms with Crippen LogP contribution in [-0.2, 0) is 19.1 Å². The van der Waals surface area contributed by atoms with E-state index < -0.39 is 11.5 Å². The van der Waals surface area contributed by atoms with Crippen molar-refractivity contribution in [2.24, 2.45) is 10.5 Å². The molecule has 0 aromatic rings. The Balaban J connectivity index is 0. The van der Waals surface area contributed by atoms with Crippen LogP contribution in [0.25, 0.3) is 0 Å². The number of carbonyl (C=O) groups is 2. The van der Waals surface area contributed by atoms with Crippen molar-refractivity contribution in [3.05, 3.63) is 0 Å². The molecule has 17 heavy (non-hydrogen) atoms. The summed E-state index contributed by atoms with van der Waals surface area (Å²) in [6.07, 6.45) is 0. The van der Waals surface area contributed by atoms with Crippen molar-refractivity contribution in [2.45, 2.75) is 40.2 Å². The molecular weight excluding hydrogens is 224 g/mol. The van der Waals surface area contributed by atoms with E-state index in [1.165, 1.54) is 28.1 Å². The van der Waals surface area contributed by atoms with Gasteiger partial charge in [-0.05, 0) is 34.6 Å². The molecule has 0 aliphatic heterocycles. The summed E-state index contributed by atoms with van der Waals surface area (Å²) in [6.45, 7) is 8.49. The van der Waals surface area contributed by atoms with Crippen molar-refractivity contribution < 1.29 is 19.1 Å². The van der Waals surface area contributed by atoms with Crippen LogP contribution in [0.4, 0.5) is 0 Å². The van der Waals surface area contributed by atoms with Crippen LogP contribution in [0.15, 0.2) is 5.11 Å². The number of ether oxygens (including phenoxy) is 2. The summed E-state index contributed by atoms with van der Waals surface area (Å²) in [7, 11) is 2.67. The number of hydrogen-bond acceptors (Lipinski definition) is 6. The van der Waals surface area contributed by atoms with Crippen LogP contribution >= 0.6 is 0 Å². The highest BCUT2D eigenvalue weighted by molar-refractivity contribution is 5.79. The molecule has 0 fully saturated rings. The fraction of sp³-hybridized carbons (Fsp3) is 0.818. The Morgan fingerprint density at radius 1 is 0.941 bits per heavy atom. The molecule has 0 amide bonds. The van der Waals surface area contributed by atoms with E-state index in [-0.39, 0.29) is 11.4 Å². The van der Waals surface area contributed by atoms with Crippen LogP contribution in [0.1, 0.15) is 34.6 Å². The second kappa shape index (κ2) is 6.98. The predicted octanol–water partition coefficient (Wildman–Crippen LogP) is 2.17. The van der Waals surface area contributed by atoms with E-state index in [4.69, 9.17) is 5.53 Å². The minimum atomic E-state index is -1.02. The van der Waals surface area contributed by atoms with Gasteiger partial charge >= 0.3 is 11.9 Å². The first-order valence-electron chi connectivity index (χ1n) is 5.08. The van der Waals surface area contributed by atoms with Gasteiger partial charge in [0.25, 0.3) is 0 Å². The molecule has 0 aromatic heterocycles. The van der Waals surface area contributed by atoms with Crippen molar-refractivity contribution in [1.29, 1.82) is 5.53 Å². The Bertz CT molecular complexity index is 280. The smallest absolute Gasteiger partial charge is 0.335 e. The Kier molecular flexibility index (Phi) is 7.36.